The van der Waals surface area contributed by atoms with Crippen LogP contribution >= 0.6 is 0 Å². The van der Waals surface area contributed by atoms with Gasteiger partial charge >= 0.3 is 0 Å². The van der Waals surface area contributed by atoms with E-state index in [-0.39, 0.29) is 16.9 Å². The first-order valence-electron chi connectivity index (χ1n) is 6.32. The Hall–Kier alpha value is -3.35. The highest BCUT2D eigenvalue weighted by atomic mass is 16.6. The van der Waals surface area contributed by atoms with Crippen molar-refractivity contribution in [1.82, 2.24) is 9.55 Å². The van der Waals surface area contributed by atoms with Crippen LogP contribution in [0.5, 0.6) is 0 Å². The van der Waals surface area contributed by atoms with Crippen LogP contribution in [0.25, 0.3) is 16.7 Å². The third kappa shape index (κ3) is 2.14. The van der Waals surface area contributed by atoms with Crippen LogP contribution in [-0.2, 0) is 0 Å². The van der Waals surface area contributed by atoms with Crippen molar-refractivity contribution in [3.05, 3.63) is 74.7 Å². The first-order chi connectivity index (χ1) is 10.6. The Bertz CT molecular complexity index is 962. The van der Waals surface area contributed by atoms with Gasteiger partial charge in [0.1, 0.15) is 5.65 Å². The normalized spacial score (nSPS) is 10.5. The number of nitro benzene ring substituents is 1. The van der Waals surface area contributed by atoms with Gasteiger partial charge in [0.15, 0.2) is 6.29 Å². The maximum absolute atomic E-state index is 12.4. The molecule has 0 spiro atoms. The van der Waals surface area contributed by atoms with Gasteiger partial charge in [-0.15, -0.1) is 0 Å². The molecule has 0 saturated heterocycles. The molecule has 108 valence electrons. The summed E-state index contributed by atoms with van der Waals surface area (Å²) in [5.41, 5.74) is -0.135. The molecule has 2 aromatic heterocycles. The lowest BCUT2D eigenvalue weighted by Crippen LogP contribution is -2.23. The number of hydrogen-bond acceptors (Lipinski definition) is 5. The third-order valence-corrected chi connectivity index (χ3v) is 3.22. The zero-order chi connectivity index (χ0) is 15.7. The number of benzene rings is 1. The highest BCUT2D eigenvalue weighted by Crippen LogP contribution is 2.19. The number of rotatable bonds is 3. The number of aldehydes is 1. The van der Waals surface area contributed by atoms with Gasteiger partial charge in [-0.05, 0) is 24.3 Å². The number of hydrogen-bond donors (Lipinski definition) is 0. The standard InChI is InChI=1S/C15H9N3O4/c19-9-11-7-10-3-2-6-16-14(10)17(15(11)20)12-4-1-5-13(8-12)18(21)22/h1-9H. The van der Waals surface area contributed by atoms with Gasteiger partial charge in [-0.2, -0.15) is 0 Å². The molecule has 0 atom stereocenters. The van der Waals surface area contributed by atoms with Gasteiger partial charge in [-0.3, -0.25) is 24.3 Å². The van der Waals surface area contributed by atoms with Crippen LogP contribution in [0.15, 0.2) is 53.5 Å². The molecule has 0 aliphatic rings. The lowest BCUT2D eigenvalue weighted by atomic mass is 10.2. The summed E-state index contributed by atoms with van der Waals surface area (Å²) in [5, 5.41) is 11.5. The van der Waals surface area contributed by atoms with E-state index < -0.39 is 10.5 Å². The lowest BCUT2D eigenvalue weighted by Gasteiger charge is -2.10. The minimum atomic E-state index is -0.568. The van der Waals surface area contributed by atoms with Gasteiger partial charge < -0.3 is 0 Å². The molecule has 0 fully saturated rings. The van der Waals surface area contributed by atoms with Crippen LogP contribution in [0.3, 0.4) is 0 Å². The van der Waals surface area contributed by atoms with E-state index >= 15 is 0 Å². The average Bonchev–Trinajstić information content (AvgIpc) is 2.54. The third-order valence-electron chi connectivity index (χ3n) is 3.22. The van der Waals surface area contributed by atoms with Crippen molar-refractivity contribution in [1.29, 1.82) is 0 Å². The fourth-order valence-electron chi connectivity index (χ4n) is 2.23. The number of nitrogens with zero attached hydrogens (tertiary/aromatic N) is 3. The molecule has 0 saturated carbocycles. The van der Waals surface area contributed by atoms with E-state index in [1.54, 1.807) is 18.2 Å². The molecule has 0 aliphatic heterocycles. The first-order valence-corrected chi connectivity index (χ1v) is 6.32. The molecule has 0 aliphatic carbocycles. The van der Waals surface area contributed by atoms with Gasteiger partial charge in [-0.1, -0.05) is 6.07 Å². The van der Waals surface area contributed by atoms with E-state index in [9.17, 15) is 19.7 Å². The van der Waals surface area contributed by atoms with Gasteiger partial charge in [0, 0.05) is 23.7 Å². The van der Waals surface area contributed by atoms with Crippen molar-refractivity contribution >= 4 is 23.0 Å². The summed E-state index contributed by atoms with van der Waals surface area (Å²) in [4.78, 5) is 38.0. The molecule has 3 aromatic rings. The van der Waals surface area contributed by atoms with Crippen molar-refractivity contribution in [2.75, 3.05) is 0 Å². The smallest absolute Gasteiger partial charge is 0.271 e. The van der Waals surface area contributed by atoms with Gasteiger partial charge in [-0.25, -0.2) is 4.98 Å². The first kappa shape index (κ1) is 13.6. The molecule has 3 rings (SSSR count). The monoisotopic (exact) mass is 295 g/mol. The summed E-state index contributed by atoms with van der Waals surface area (Å²) in [6.07, 6.45) is 1.97. The number of carbonyl (C=O) groups is 1. The predicted octanol–water partition coefficient (Wildman–Crippen LogP) is 2.11. The molecule has 0 amide bonds. The van der Waals surface area contributed by atoms with Crippen molar-refractivity contribution in [3.63, 3.8) is 0 Å². The zero-order valence-corrected chi connectivity index (χ0v) is 11.2. The van der Waals surface area contributed by atoms with Crippen molar-refractivity contribution in [2.45, 2.75) is 0 Å². The number of pyridine rings is 2. The molecule has 7 nitrogen and oxygen atoms in total. The summed E-state index contributed by atoms with van der Waals surface area (Å²) < 4.78 is 1.20. The van der Waals surface area contributed by atoms with Crippen LogP contribution in [0.4, 0.5) is 5.69 Å². The molecule has 7 heteroatoms. The Morgan fingerprint density at radius 1 is 1.18 bits per heavy atom. The summed E-state index contributed by atoms with van der Waals surface area (Å²) in [6.45, 7) is 0. The van der Waals surface area contributed by atoms with E-state index in [4.69, 9.17) is 0 Å². The lowest BCUT2D eigenvalue weighted by molar-refractivity contribution is -0.384. The molecule has 2 heterocycles. The largest absolute Gasteiger partial charge is 0.298 e. The SMILES string of the molecule is O=Cc1cc2cccnc2n(-c2cccc([N+](=O)[O-])c2)c1=O. The minimum Gasteiger partial charge on any atom is -0.298 e. The van der Waals surface area contributed by atoms with E-state index in [0.29, 0.717) is 17.3 Å². The number of nitro groups is 1. The molecule has 1 aromatic carbocycles. The molecule has 0 bridgehead atoms. The van der Waals surface area contributed by atoms with Crippen LogP contribution in [0.1, 0.15) is 10.4 Å². The number of aromatic nitrogens is 2. The molecule has 0 radical (unpaired) electrons. The summed E-state index contributed by atoms with van der Waals surface area (Å²) in [6, 6.07) is 10.5. The van der Waals surface area contributed by atoms with Gasteiger partial charge in [0.05, 0.1) is 16.2 Å². The summed E-state index contributed by atoms with van der Waals surface area (Å²) >= 11 is 0. The van der Waals surface area contributed by atoms with Crippen molar-refractivity contribution in [2.24, 2.45) is 0 Å². The van der Waals surface area contributed by atoms with Crippen LogP contribution < -0.4 is 5.56 Å². The number of non-ortho nitro benzene ring substituents is 1. The fourth-order valence-corrected chi connectivity index (χ4v) is 2.23. The van der Waals surface area contributed by atoms with Crippen LogP contribution in [0, 0.1) is 10.1 Å². The number of fused-ring (bicyclic) bond motifs is 1. The molecular formula is C15H9N3O4. The maximum Gasteiger partial charge on any atom is 0.271 e. The fraction of sp³-hybridized carbons (Fsp3) is 0. The Kier molecular flexibility index (Phi) is 3.23. The Balaban J connectivity index is 2.41. The van der Waals surface area contributed by atoms with Crippen LogP contribution in [0.2, 0.25) is 0 Å². The van der Waals surface area contributed by atoms with E-state index in [0.717, 1.165) is 0 Å². The van der Waals surface area contributed by atoms with E-state index in [1.165, 1.54) is 35.0 Å². The molecule has 22 heavy (non-hydrogen) atoms. The van der Waals surface area contributed by atoms with Gasteiger partial charge in [0.25, 0.3) is 11.2 Å². The summed E-state index contributed by atoms with van der Waals surface area (Å²) in [7, 11) is 0. The minimum absolute atomic E-state index is 0.0352. The topological polar surface area (TPSA) is 95.1 Å². The van der Waals surface area contributed by atoms with Crippen molar-refractivity contribution < 1.29 is 9.72 Å². The van der Waals surface area contributed by atoms with E-state index in [1.807, 2.05) is 0 Å². The van der Waals surface area contributed by atoms with E-state index in [2.05, 4.69) is 4.98 Å². The Morgan fingerprint density at radius 2 is 2.00 bits per heavy atom. The molecule has 0 N–H and O–H groups in total. The second-order valence-corrected chi connectivity index (χ2v) is 4.55. The molecule has 0 unspecified atom stereocenters. The Labute approximate surface area is 123 Å². The predicted molar refractivity (Wildman–Crippen MR) is 79.4 cm³/mol. The quantitative estimate of drug-likeness (QED) is 0.419. The second-order valence-electron chi connectivity index (χ2n) is 4.55. The average molecular weight is 295 g/mol. The van der Waals surface area contributed by atoms with Gasteiger partial charge in [0.2, 0.25) is 0 Å². The maximum atomic E-state index is 12.4. The second kappa shape index (κ2) is 5.21. The zero-order valence-electron chi connectivity index (χ0n) is 11.2. The Morgan fingerprint density at radius 3 is 2.73 bits per heavy atom. The summed E-state index contributed by atoms with van der Waals surface area (Å²) in [5.74, 6) is 0. The van der Waals surface area contributed by atoms with Crippen molar-refractivity contribution in [3.8, 4) is 5.69 Å². The number of carbonyl (C=O) groups excluding carboxylic acids is 1. The highest BCUT2D eigenvalue weighted by molar-refractivity contribution is 5.85. The van der Waals surface area contributed by atoms with Crippen LogP contribution in [-0.4, -0.2) is 20.8 Å². The highest BCUT2D eigenvalue weighted by Gasteiger charge is 2.14. The molecular weight excluding hydrogens is 286 g/mol.